The summed E-state index contributed by atoms with van der Waals surface area (Å²) in [5.74, 6) is -0.402. The normalized spacial score (nSPS) is 12.1. The predicted octanol–water partition coefficient (Wildman–Crippen LogP) is 4.05. The van der Waals surface area contributed by atoms with Gasteiger partial charge in [0, 0.05) is 10.5 Å². The molecule has 3 rings (SSSR count). The average Bonchev–Trinajstić information content (AvgIpc) is 2.55. The molecule has 0 radical (unpaired) electrons. The summed E-state index contributed by atoms with van der Waals surface area (Å²) in [5, 5.41) is 3.30. The zero-order chi connectivity index (χ0) is 16.4. The number of hydrogen-bond acceptors (Lipinski definition) is 3. The molecule has 1 amide bonds. The van der Waals surface area contributed by atoms with Crippen molar-refractivity contribution in [2.45, 2.75) is 13.0 Å². The van der Waals surface area contributed by atoms with E-state index < -0.39 is 5.91 Å². The second-order valence-corrected chi connectivity index (χ2v) is 6.13. The molecule has 0 saturated heterocycles. The fourth-order valence-electron chi connectivity index (χ4n) is 2.32. The number of benzene rings is 2. The maximum absolute atomic E-state index is 12.3. The topological polar surface area (TPSA) is 59.3 Å². The molecule has 116 valence electrons. The quantitative estimate of drug-likeness (QED) is 0.755. The molecule has 1 heterocycles. The minimum atomic E-state index is -0.414. The van der Waals surface area contributed by atoms with Crippen LogP contribution in [0.4, 0.5) is 0 Å². The molecular formula is C18H14BrNO3. The number of fused-ring (bicyclic) bond motifs is 1. The van der Waals surface area contributed by atoms with Crippen LogP contribution in [0.25, 0.3) is 11.0 Å². The third-order valence-corrected chi connectivity index (χ3v) is 4.10. The van der Waals surface area contributed by atoms with Crippen molar-refractivity contribution in [1.82, 2.24) is 5.32 Å². The lowest BCUT2D eigenvalue weighted by Crippen LogP contribution is -2.27. The van der Waals surface area contributed by atoms with Crippen molar-refractivity contribution in [3.8, 4) is 0 Å². The molecule has 0 aliphatic carbocycles. The van der Waals surface area contributed by atoms with Crippen LogP contribution >= 0.6 is 15.9 Å². The zero-order valence-electron chi connectivity index (χ0n) is 12.4. The van der Waals surface area contributed by atoms with E-state index in [1.165, 1.54) is 6.07 Å². The largest absolute Gasteiger partial charge is 0.451 e. The van der Waals surface area contributed by atoms with Crippen LogP contribution in [0, 0.1) is 0 Å². The number of hydrogen-bond donors (Lipinski definition) is 1. The zero-order valence-corrected chi connectivity index (χ0v) is 14.0. The Kier molecular flexibility index (Phi) is 4.30. The van der Waals surface area contributed by atoms with Crippen LogP contribution in [-0.4, -0.2) is 5.91 Å². The predicted molar refractivity (Wildman–Crippen MR) is 92.5 cm³/mol. The Hall–Kier alpha value is -2.40. The Morgan fingerprint density at radius 1 is 1.13 bits per heavy atom. The molecule has 1 aromatic heterocycles. The molecule has 2 aromatic carbocycles. The first-order valence-corrected chi connectivity index (χ1v) is 7.93. The van der Waals surface area contributed by atoms with E-state index >= 15 is 0 Å². The van der Waals surface area contributed by atoms with Crippen LogP contribution in [0.5, 0.6) is 0 Å². The first-order valence-electron chi connectivity index (χ1n) is 7.14. The Bertz CT molecular complexity index is 915. The summed E-state index contributed by atoms with van der Waals surface area (Å²) < 4.78 is 6.51. The van der Waals surface area contributed by atoms with E-state index in [9.17, 15) is 9.59 Å². The average molecular weight is 372 g/mol. The van der Waals surface area contributed by atoms with Gasteiger partial charge in [-0.3, -0.25) is 9.59 Å². The van der Waals surface area contributed by atoms with E-state index in [1.54, 1.807) is 24.3 Å². The van der Waals surface area contributed by atoms with Gasteiger partial charge in [-0.05, 0) is 36.8 Å². The molecule has 0 saturated carbocycles. The Labute approximate surface area is 141 Å². The summed E-state index contributed by atoms with van der Waals surface area (Å²) in [6.07, 6.45) is 0. The van der Waals surface area contributed by atoms with Crippen molar-refractivity contribution in [1.29, 1.82) is 0 Å². The molecular weight excluding hydrogens is 358 g/mol. The van der Waals surface area contributed by atoms with E-state index in [2.05, 4.69) is 21.2 Å². The lowest BCUT2D eigenvalue weighted by Gasteiger charge is -2.14. The number of rotatable bonds is 3. The minimum Gasteiger partial charge on any atom is -0.451 e. The number of carbonyl (C=O) groups is 1. The molecule has 3 aromatic rings. The van der Waals surface area contributed by atoms with Crippen LogP contribution in [0.2, 0.25) is 0 Å². The van der Waals surface area contributed by atoms with E-state index in [-0.39, 0.29) is 17.2 Å². The molecule has 5 heteroatoms. The van der Waals surface area contributed by atoms with Gasteiger partial charge in [-0.25, -0.2) is 0 Å². The van der Waals surface area contributed by atoms with Gasteiger partial charge in [0.05, 0.1) is 11.4 Å². The van der Waals surface area contributed by atoms with E-state index in [0.717, 1.165) is 10.0 Å². The van der Waals surface area contributed by atoms with Crippen LogP contribution in [0.15, 0.2) is 68.3 Å². The summed E-state index contributed by atoms with van der Waals surface area (Å²) in [6.45, 7) is 1.88. The van der Waals surface area contributed by atoms with Crippen molar-refractivity contribution in [3.05, 3.63) is 80.6 Å². The minimum absolute atomic E-state index is 0.0117. The summed E-state index contributed by atoms with van der Waals surface area (Å²) >= 11 is 3.38. The number of carbonyl (C=O) groups excluding carboxylic acids is 1. The molecule has 0 aliphatic heterocycles. The Balaban J connectivity index is 1.85. The Morgan fingerprint density at radius 3 is 2.57 bits per heavy atom. The van der Waals surface area contributed by atoms with Crippen LogP contribution in [-0.2, 0) is 0 Å². The summed E-state index contributed by atoms with van der Waals surface area (Å²) in [7, 11) is 0. The van der Waals surface area contributed by atoms with Crippen molar-refractivity contribution in [3.63, 3.8) is 0 Å². The van der Waals surface area contributed by atoms with Crippen LogP contribution < -0.4 is 10.7 Å². The highest BCUT2D eigenvalue weighted by atomic mass is 79.9. The SMILES string of the molecule is CC(NC(=O)c1cc(=O)c2ccccc2o1)c1ccc(Br)cc1. The molecule has 0 spiro atoms. The van der Waals surface area contributed by atoms with Gasteiger partial charge in [-0.15, -0.1) is 0 Å². The molecule has 1 unspecified atom stereocenters. The van der Waals surface area contributed by atoms with Gasteiger partial charge in [0.1, 0.15) is 5.58 Å². The molecule has 0 bridgehead atoms. The third-order valence-electron chi connectivity index (χ3n) is 3.58. The highest BCUT2D eigenvalue weighted by Gasteiger charge is 2.15. The molecule has 0 aliphatic rings. The van der Waals surface area contributed by atoms with E-state index in [0.29, 0.717) is 11.0 Å². The van der Waals surface area contributed by atoms with Crippen molar-refractivity contribution < 1.29 is 9.21 Å². The van der Waals surface area contributed by atoms with Crippen LogP contribution in [0.3, 0.4) is 0 Å². The van der Waals surface area contributed by atoms with Gasteiger partial charge in [0.2, 0.25) is 0 Å². The standard InChI is InChI=1S/C18H14BrNO3/c1-11(12-6-8-13(19)9-7-12)20-18(22)17-10-15(21)14-4-2-3-5-16(14)23-17/h2-11H,1H3,(H,20,22). The summed E-state index contributed by atoms with van der Waals surface area (Å²) in [6, 6.07) is 15.6. The molecule has 4 nitrogen and oxygen atoms in total. The smallest absolute Gasteiger partial charge is 0.287 e. The summed E-state index contributed by atoms with van der Waals surface area (Å²) in [4.78, 5) is 24.4. The van der Waals surface area contributed by atoms with Gasteiger partial charge in [-0.1, -0.05) is 40.2 Å². The van der Waals surface area contributed by atoms with E-state index in [4.69, 9.17) is 4.42 Å². The number of halogens is 1. The molecule has 0 fully saturated rings. The first kappa shape index (κ1) is 15.5. The maximum Gasteiger partial charge on any atom is 0.287 e. The van der Waals surface area contributed by atoms with Gasteiger partial charge in [0.25, 0.3) is 5.91 Å². The maximum atomic E-state index is 12.3. The fraction of sp³-hybridized carbons (Fsp3) is 0.111. The Morgan fingerprint density at radius 2 is 1.83 bits per heavy atom. The third kappa shape index (κ3) is 3.35. The highest BCUT2D eigenvalue weighted by Crippen LogP contribution is 2.17. The molecule has 1 N–H and O–H groups in total. The summed E-state index contributed by atoms with van der Waals surface area (Å²) in [5.41, 5.74) is 1.14. The monoisotopic (exact) mass is 371 g/mol. The lowest BCUT2D eigenvalue weighted by molar-refractivity contribution is 0.0912. The van der Waals surface area contributed by atoms with E-state index in [1.807, 2.05) is 31.2 Å². The van der Waals surface area contributed by atoms with Crippen molar-refractivity contribution in [2.75, 3.05) is 0 Å². The second kappa shape index (κ2) is 6.38. The fourth-order valence-corrected chi connectivity index (χ4v) is 2.58. The van der Waals surface area contributed by atoms with Crippen molar-refractivity contribution >= 4 is 32.8 Å². The van der Waals surface area contributed by atoms with Gasteiger partial charge < -0.3 is 9.73 Å². The number of para-hydroxylation sites is 1. The van der Waals surface area contributed by atoms with Gasteiger partial charge in [0.15, 0.2) is 11.2 Å². The highest BCUT2D eigenvalue weighted by molar-refractivity contribution is 9.10. The second-order valence-electron chi connectivity index (χ2n) is 5.22. The molecule has 23 heavy (non-hydrogen) atoms. The molecule has 1 atom stereocenters. The number of amides is 1. The van der Waals surface area contributed by atoms with Crippen molar-refractivity contribution in [2.24, 2.45) is 0 Å². The van der Waals surface area contributed by atoms with Gasteiger partial charge >= 0.3 is 0 Å². The van der Waals surface area contributed by atoms with Crippen LogP contribution in [0.1, 0.15) is 29.1 Å². The van der Waals surface area contributed by atoms with Gasteiger partial charge in [-0.2, -0.15) is 0 Å². The first-order chi connectivity index (χ1) is 11.0. The number of nitrogens with one attached hydrogen (secondary N) is 1. The lowest BCUT2D eigenvalue weighted by atomic mass is 10.1.